The molecule has 0 saturated carbocycles. The summed E-state index contributed by atoms with van der Waals surface area (Å²) in [5, 5.41) is 13.8. The number of fused-ring (bicyclic) bond motifs is 1. The van der Waals surface area contributed by atoms with E-state index in [1.807, 2.05) is 0 Å². The molecule has 0 aliphatic carbocycles. The fourth-order valence-corrected chi connectivity index (χ4v) is 3.11. The maximum Gasteiger partial charge on any atom is 0.276 e. The highest BCUT2D eigenvalue weighted by molar-refractivity contribution is 7.22. The normalized spacial score (nSPS) is 10.6. The fraction of sp³-hybridized carbons (Fsp3) is 0.125. The van der Waals surface area contributed by atoms with Crippen LogP contribution in [0.15, 0.2) is 36.4 Å². The molecule has 9 heteroatoms. The average molecular weight is 361 g/mol. The quantitative estimate of drug-likeness (QED) is 0.553. The summed E-state index contributed by atoms with van der Waals surface area (Å²) in [6.45, 7) is 1.22. The van der Waals surface area contributed by atoms with Crippen molar-refractivity contribution < 1.29 is 18.8 Å². The molecule has 1 amide bonds. The first-order valence-electron chi connectivity index (χ1n) is 7.17. The van der Waals surface area contributed by atoms with Crippen molar-refractivity contribution in [3.05, 3.63) is 57.9 Å². The topological polar surface area (TPSA) is 94.4 Å². The smallest absolute Gasteiger partial charge is 0.276 e. The first kappa shape index (κ1) is 16.8. The summed E-state index contributed by atoms with van der Waals surface area (Å²) in [6, 6.07) is 8.56. The summed E-state index contributed by atoms with van der Waals surface area (Å²) in [7, 11) is 0. The van der Waals surface area contributed by atoms with Gasteiger partial charge in [-0.25, -0.2) is 9.37 Å². The highest BCUT2D eigenvalue weighted by Crippen LogP contribution is 2.28. The largest absolute Gasteiger partial charge is 0.483 e. The summed E-state index contributed by atoms with van der Waals surface area (Å²) in [4.78, 5) is 26.5. The number of carbonyl (C=O) groups excluding carboxylic acids is 1. The minimum atomic E-state index is -0.511. The molecule has 0 atom stereocenters. The van der Waals surface area contributed by atoms with Gasteiger partial charge in [0.15, 0.2) is 11.7 Å². The maximum atomic E-state index is 13.2. The van der Waals surface area contributed by atoms with Crippen LogP contribution in [0.1, 0.15) is 5.56 Å². The number of rotatable bonds is 5. The molecule has 0 fully saturated rings. The molecule has 0 aliphatic rings. The van der Waals surface area contributed by atoms with Crippen LogP contribution in [0.5, 0.6) is 5.75 Å². The van der Waals surface area contributed by atoms with Gasteiger partial charge in [0.25, 0.3) is 11.6 Å². The summed E-state index contributed by atoms with van der Waals surface area (Å²) < 4.78 is 19.1. The molecule has 25 heavy (non-hydrogen) atoms. The van der Waals surface area contributed by atoms with Crippen LogP contribution < -0.4 is 10.1 Å². The highest BCUT2D eigenvalue weighted by Gasteiger charge is 2.15. The summed E-state index contributed by atoms with van der Waals surface area (Å²) >= 11 is 1.14. The van der Waals surface area contributed by atoms with Crippen molar-refractivity contribution >= 4 is 38.3 Å². The molecule has 7 nitrogen and oxygen atoms in total. The van der Waals surface area contributed by atoms with Gasteiger partial charge in [0.05, 0.1) is 20.7 Å². The predicted octanol–water partition coefficient (Wildman–Crippen LogP) is 3.67. The summed E-state index contributed by atoms with van der Waals surface area (Å²) in [6.07, 6.45) is 0. The van der Waals surface area contributed by atoms with Gasteiger partial charge < -0.3 is 4.74 Å². The zero-order valence-electron chi connectivity index (χ0n) is 13.0. The Labute approximate surface area is 145 Å². The summed E-state index contributed by atoms with van der Waals surface area (Å²) in [5.41, 5.74) is 0.846. The Hall–Kier alpha value is -3.07. The molecule has 128 valence electrons. The minimum Gasteiger partial charge on any atom is -0.483 e. The number of nitro groups is 1. The standard InChI is InChI=1S/C16H12FN3O4S/c1-9-12(20(22)23)3-2-4-13(9)24-8-15(21)19-16-18-11-6-5-10(17)7-14(11)25-16/h2-7H,8H2,1H3,(H,18,19,21). The van der Waals surface area contributed by atoms with Crippen LogP contribution in [0.2, 0.25) is 0 Å². The maximum absolute atomic E-state index is 13.2. The van der Waals surface area contributed by atoms with Gasteiger partial charge in [-0.3, -0.25) is 20.2 Å². The third-order valence-electron chi connectivity index (χ3n) is 3.41. The lowest BCUT2D eigenvalue weighted by Crippen LogP contribution is -2.20. The molecule has 0 unspecified atom stereocenters. The van der Waals surface area contributed by atoms with E-state index in [4.69, 9.17) is 4.74 Å². The van der Waals surface area contributed by atoms with Crippen LogP contribution >= 0.6 is 11.3 Å². The number of ether oxygens (including phenoxy) is 1. The fourth-order valence-electron chi connectivity index (χ4n) is 2.21. The molecular weight excluding hydrogens is 349 g/mol. The molecule has 0 aliphatic heterocycles. The Kier molecular flexibility index (Phi) is 4.57. The lowest BCUT2D eigenvalue weighted by atomic mass is 10.2. The van der Waals surface area contributed by atoms with E-state index >= 15 is 0 Å². The van der Waals surface area contributed by atoms with Gasteiger partial charge in [0, 0.05) is 6.07 Å². The number of halogens is 1. The van der Waals surface area contributed by atoms with Gasteiger partial charge >= 0.3 is 0 Å². The van der Waals surface area contributed by atoms with Crippen molar-refractivity contribution in [1.82, 2.24) is 4.98 Å². The number of nitrogens with zero attached hydrogens (tertiary/aromatic N) is 2. The van der Waals surface area contributed by atoms with Gasteiger partial charge in [0.1, 0.15) is 11.6 Å². The molecule has 0 radical (unpaired) electrons. The molecule has 1 aromatic heterocycles. The minimum absolute atomic E-state index is 0.0777. The van der Waals surface area contributed by atoms with Gasteiger partial charge in [-0.15, -0.1) is 0 Å². The molecule has 3 aromatic rings. The Morgan fingerprint density at radius 1 is 1.40 bits per heavy atom. The first-order chi connectivity index (χ1) is 11.9. The number of hydrogen-bond donors (Lipinski definition) is 1. The molecule has 0 saturated heterocycles. The van der Waals surface area contributed by atoms with E-state index in [1.165, 1.54) is 30.3 Å². The number of amides is 1. The van der Waals surface area contributed by atoms with Crippen molar-refractivity contribution in [3.8, 4) is 5.75 Å². The van der Waals surface area contributed by atoms with E-state index in [2.05, 4.69) is 10.3 Å². The van der Waals surface area contributed by atoms with Crippen LogP contribution in [0.4, 0.5) is 15.2 Å². The lowest BCUT2D eigenvalue weighted by Gasteiger charge is -2.08. The number of benzene rings is 2. The van der Waals surface area contributed by atoms with Gasteiger partial charge in [-0.1, -0.05) is 17.4 Å². The van der Waals surface area contributed by atoms with Crippen LogP contribution in [-0.2, 0) is 4.79 Å². The molecule has 2 aromatic carbocycles. The highest BCUT2D eigenvalue weighted by atomic mass is 32.1. The molecule has 1 heterocycles. The number of carbonyl (C=O) groups is 1. The Balaban J connectivity index is 1.66. The van der Waals surface area contributed by atoms with E-state index in [0.717, 1.165) is 11.3 Å². The number of nitro benzene ring substituents is 1. The lowest BCUT2D eigenvalue weighted by molar-refractivity contribution is -0.385. The van der Waals surface area contributed by atoms with Crippen LogP contribution in [-0.4, -0.2) is 22.4 Å². The van der Waals surface area contributed by atoms with E-state index in [1.54, 1.807) is 13.0 Å². The third-order valence-corrected chi connectivity index (χ3v) is 4.34. The zero-order chi connectivity index (χ0) is 18.0. The van der Waals surface area contributed by atoms with Crippen LogP contribution in [0, 0.1) is 22.9 Å². The Morgan fingerprint density at radius 2 is 2.20 bits per heavy atom. The molecule has 0 bridgehead atoms. The van der Waals surface area contributed by atoms with E-state index in [9.17, 15) is 19.3 Å². The number of nitrogens with one attached hydrogen (secondary N) is 1. The SMILES string of the molecule is Cc1c(OCC(=O)Nc2nc3ccc(F)cc3s2)cccc1[N+](=O)[O-]. The second kappa shape index (κ2) is 6.81. The first-order valence-corrected chi connectivity index (χ1v) is 7.98. The van der Waals surface area contributed by atoms with E-state index < -0.39 is 10.8 Å². The van der Waals surface area contributed by atoms with Crippen molar-refractivity contribution in [2.45, 2.75) is 6.92 Å². The Morgan fingerprint density at radius 3 is 2.96 bits per heavy atom. The molecule has 3 rings (SSSR count). The van der Waals surface area contributed by atoms with Crippen molar-refractivity contribution in [2.75, 3.05) is 11.9 Å². The third kappa shape index (κ3) is 3.72. The van der Waals surface area contributed by atoms with E-state index in [0.29, 0.717) is 20.9 Å². The average Bonchev–Trinajstić information content (AvgIpc) is 2.94. The van der Waals surface area contributed by atoms with Gasteiger partial charge in [-0.05, 0) is 31.2 Å². The zero-order valence-corrected chi connectivity index (χ0v) is 13.8. The monoisotopic (exact) mass is 361 g/mol. The van der Waals surface area contributed by atoms with E-state index in [-0.39, 0.29) is 23.9 Å². The van der Waals surface area contributed by atoms with Crippen LogP contribution in [0.3, 0.4) is 0 Å². The molecule has 1 N–H and O–H groups in total. The number of hydrogen-bond acceptors (Lipinski definition) is 6. The predicted molar refractivity (Wildman–Crippen MR) is 91.5 cm³/mol. The molecular formula is C16H12FN3O4S. The number of aromatic nitrogens is 1. The van der Waals surface area contributed by atoms with Gasteiger partial charge in [0.2, 0.25) is 0 Å². The molecule has 0 spiro atoms. The van der Waals surface area contributed by atoms with Crippen LogP contribution in [0.25, 0.3) is 10.2 Å². The number of thiazole rings is 1. The second-order valence-corrected chi connectivity index (χ2v) is 6.16. The van der Waals surface area contributed by atoms with Gasteiger partial charge in [-0.2, -0.15) is 0 Å². The van der Waals surface area contributed by atoms with Crippen molar-refractivity contribution in [2.24, 2.45) is 0 Å². The number of anilines is 1. The summed E-state index contributed by atoms with van der Waals surface area (Å²) in [5.74, 6) is -0.584. The van der Waals surface area contributed by atoms with Crippen molar-refractivity contribution in [1.29, 1.82) is 0 Å². The second-order valence-electron chi connectivity index (χ2n) is 5.13. The van der Waals surface area contributed by atoms with Crippen molar-refractivity contribution in [3.63, 3.8) is 0 Å². The Bertz CT molecular complexity index is 973.